The van der Waals surface area contributed by atoms with Gasteiger partial charge in [-0.3, -0.25) is 4.90 Å². The second-order valence-electron chi connectivity index (χ2n) is 10.1. The molecule has 0 aliphatic carbocycles. The largest absolute Gasteiger partial charge is 0.598 e. The van der Waals surface area contributed by atoms with E-state index in [0.717, 1.165) is 26.1 Å². The molecule has 0 radical (unpaired) electrons. The second kappa shape index (κ2) is 9.59. The monoisotopic (exact) mass is 414 g/mol. The summed E-state index contributed by atoms with van der Waals surface area (Å²) in [6.45, 7) is 26.2. The smallest absolute Gasteiger partial charge is 0.192 e. The Labute approximate surface area is 172 Å². The molecule has 0 saturated heterocycles. The minimum atomic E-state index is -1.91. The maximum absolute atomic E-state index is 12.9. The number of nitrogens with zero attached hydrogens (tertiary/aromatic N) is 1. The van der Waals surface area contributed by atoms with Crippen LogP contribution in [-0.4, -0.2) is 54.3 Å². The molecule has 1 rings (SSSR count). The quantitative estimate of drug-likeness (QED) is 0.357. The van der Waals surface area contributed by atoms with Crippen molar-refractivity contribution in [1.29, 1.82) is 0 Å². The maximum Gasteiger partial charge on any atom is 0.192 e. The molecule has 3 atom stereocenters. The number of hydrogen-bond donors (Lipinski definition) is 1. The molecule has 0 aromatic rings. The average molecular weight is 415 g/mol. The van der Waals surface area contributed by atoms with E-state index in [4.69, 9.17) is 4.43 Å². The highest BCUT2D eigenvalue weighted by Crippen LogP contribution is 2.38. The third-order valence-corrected chi connectivity index (χ3v) is 11.8. The van der Waals surface area contributed by atoms with Gasteiger partial charge >= 0.3 is 0 Å². The Morgan fingerprint density at radius 2 is 1.93 bits per heavy atom. The fourth-order valence-electron chi connectivity index (χ4n) is 2.83. The van der Waals surface area contributed by atoms with Gasteiger partial charge in [0.15, 0.2) is 8.32 Å². The molecule has 0 bridgehead atoms. The fourth-order valence-corrected chi connectivity index (χ4v) is 5.18. The maximum atomic E-state index is 12.9. The van der Waals surface area contributed by atoms with Gasteiger partial charge in [0.2, 0.25) is 0 Å². The molecule has 27 heavy (non-hydrogen) atoms. The van der Waals surface area contributed by atoms with Gasteiger partial charge in [0.25, 0.3) is 0 Å². The molecular weight excluding hydrogens is 372 g/mol. The van der Waals surface area contributed by atoms with Gasteiger partial charge in [0, 0.05) is 31.0 Å². The minimum absolute atomic E-state index is 0.0191. The van der Waals surface area contributed by atoms with Crippen LogP contribution in [0.3, 0.4) is 0 Å². The SMILES string of the molecule is C=CCN1CC=C(C(N[S@@+]([O-])C(C)(C)C)C(C)O[Si](C)(C)C(C)(C)C)CC1. The summed E-state index contributed by atoms with van der Waals surface area (Å²) in [5, 5.41) is 0.149. The van der Waals surface area contributed by atoms with Gasteiger partial charge < -0.3 is 8.98 Å². The van der Waals surface area contributed by atoms with Crippen molar-refractivity contribution in [2.75, 3.05) is 19.6 Å². The lowest BCUT2D eigenvalue weighted by atomic mass is 9.97. The standard InChI is InChI=1S/C21H42N2O2SSi/c1-11-14-23-15-12-18(13-16-23)19(22-26(24)20(3,4)5)17(2)25-27(9,10)21(6,7)8/h11-12,17,19,22H,1,13-16H2,2-10H3/t17?,19?,26-/m0/s1. The van der Waals surface area contributed by atoms with Crippen LogP contribution in [0.2, 0.25) is 18.1 Å². The molecule has 0 fully saturated rings. The molecule has 2 unspecified atom stereocenters. The predicted molar refractivity (Wildman–Crippen MR) is 122 cm³/mol. The Kier molecular flexibility index (Phi) is 8.85. The molecule has 1 N–H and O–H groups in total. The highest BCUT2D eigenvalue weighted by atomic mass is 32.2. The molecule has 1 heterocycles. The van der Waals surface area contributed by atoms with Crippen LogP contribution >= 0.6 is 0 Å². The molecule has 0 aromatic carbocycles. The first kappa shape index (κ1) is 24.9. The summed E-state index contributed by atoms with van der Waals surface area (Å²) >= 11 is -1.14. The Morgan fingerprint density at radius 3 is 2.33 bits per heavy atom. The Hall–Kier alpha value is -0.113. The van der Waals surface area contributed by atoms with E-state index in [1.54, 1.807) is 0 Å². The Bertz CT molecular complexity index is 523. The number of hydrogen-bond acceptors (Lipinski definition) is 4. The van der Waals surface area contributed by atoms with Crippen LogP contribution in [0.5, 0.6) is 0 Å². The van der Waals surface area contributed by atoms with Gasteiger partial charge in [0.05, 0.1) is 12.1 Å². The number of nitrogens with one attached hydrogen (secondary N) is 1. The molecule has 0 saturated carbocycles. The van der Waals surface area contributed by atoms with E-state index >= 15 is 0 Å². The summed E-state index contributed by atoms with van der Waals surface area (Å²) in [5.74, 6) is 0. The van der Waals surface area contributed by atoms with Crippen molar-refractivity contribution in [3.05, 3.63) is 24.3 Å². The molecule has 1 aliphatic rings. The first-order valence-corrected chi connectivity index (χ1v) is 14.1. The van der Waals surface area contributed by atoms with Crippen molar-refractivity contribution >= 4 is 19.7 Å². The van der Waals surface area contributed by atoms with Crippen LogP contribution in [-0.2, 0) is 15.8 Å². The molecular formula is C21H42N2O2SSi. The lowest BCUT2D eigenvalue weighted by Crippen LogP contribution is -2.54. The predicted octanol–water partition coefficient (Wildman–Crippen LogP) is 4.64. The van der Waals surface area contributed by atoms with Gasteiger partial charge in [-0.2, -0.15) is 0 Å². The summed E-state index contributed by atoms with van der Waals surface area (Å²) in [6.07, 6.45) is 5.19. The van der Waals surface area contributed by atoms with Crippen LogP contribution in [0, 0.1) is 0 Å². The second-order valence-corrected chi connectivity index (χ2v) is 16.9. The van der Waals surface area contributed by atoms with E-state index in [9.17, 15) is 4.55 Å². The fraction of sp³-hybridized carbons (Fsp3) is 0.810. The zero-order valence-corrected chi connectivity index (χ0v) is 20.8. The molecule has 0 amide bonds. The normalized spacial score (nSPS) is 20.7. The van der Waals surface area contributed by atoms with Gasteiger partial charge in [-0.25, -0.2) is 0 Å². The van der Waals surface area contributed by atoms with Crippen LogP contribution in [0.15, 0.2) is 24.3 Å². The summed E-state index contributed by atoms with van der Waals surface area (Å²) in [4.78, 5) is 2.37. The van der Waals surface area contributed by atoms with Crippen molar-refractivity contribution in [2.45, 2.75) is 89.9 Å². The van der Waals surface area contributed by atoms with Crippen molar-refractivity contribution in [3.63, 3.8) is 0 Å². The topological polar surface area (TPSA) is 47.6 Å². The molecule has 0 aromatic heterocycles. The Balaban J connectivity index is 3.03. The van der Waals surface area contributed by atoms with Crippen molar-refractivity contribution in [3.8, 4) is 0 Å². The van der Waals surface area contributed by atoms with Crippen molar-refractivity contribution in [1.82, 2.24) is 9.62 Å². The Morgan fingerprint density at radius 1 is 1.33 bits per heavy atom. The third-order valence-electron chi connectivity index (χ3n) is 5.66. The average Bonchev–Trinajstić information content (AvgIpc) is 2.51. The van der Waals surface area contributed by atoms with Gasteiger partial charge in [-0.1, -0.05) is 32.9 Å². The van der Waals surface area contributed by atoms with E-state index in [1.165, 1.54) is 5.57 Å². The lowest BCUT2D eigenvalue weighted by Gasteiger charge is -2.42. The molecule has 4 nitrogen and oxygen atoms in total. The number of rotatable bonds is 8. The van der Waals surface area contributed by atoms with E-state index in [-0.39, 0.29) is 21.9 Å². The van der Waals surface area contributed by atoms with E-state index in [2.05, 4.69) is 63.1 Å². The minimum Gasteiger partial charge on any atom is -0.598 e. The molecule has 0 spiro atoms. The molecule has 6 heteroatoms. The van der Waals surface area contributed by atoms with Crippen molar-refractivity contribution < 1.29 is 8.98 Å². The van der Waals surface area contributed by atoms with Crippen molar-refractivity contribution in [2.24, 2.45) is 0 Å². The first-order valence-electron chi connectivity index (χ1n) is 10.1. The zero-order chi connectivity index (χ0) is 21.0. The summed E-state index contributed by atoms with van der Waals surface area (Å²) in [5.41, 5.74) is 1.32. The summed E-state index contributed by atoms with van der Waals surface area (Å²) in [6, 6.07) is -0.0231. The van der Waals surface area contributed by atoms with E-state index in [1.807, 2.05) is 26.8 Å². The summed E-state index contributed by atoms with van der Waals surface area (Å²) < 4.78 is 22.6. The van der Waals surface area contributed by atoms with Crippen LogP contribution < -0.4 is 4.72 Å². The third kappa shape index (κ3) is 7.33. The van der Waals surface area contributed by atoms with Crippen LogP contribution in [0.4, 0.5) is 0 Å². The highest BCUT2D eigenvalue weighted by Gasteiger charge is 2.42. The van der Waals surface area contributed by atoms with Gasteiger partial charge in [-0.05, 0) is 57.8 Å². The zero-order valence-electron chi connectivity index (χ0n) is 19.0. The van der Waals surface area contributed by atoms with Gasteiger partial charge in [-0.15, -0.1) is 11.3 Å². The highest BCUT2D eigenvalue weighted by molar-refractivity contribution is 7.90. The summed E-state index contributed by atoms with van der Waals surface area (Å²) in [7, 11) is -1.91. The first-order chi connectivity index (χ1) is 12.2. The van der Waals surface area contributed by atoms with Crippen LogP contribution in [0.25, 0.3) is 0 Å². The van der Waals surface area contributed by atoms with Crippen LogP contribution in [0.1, 0.15) is 54.9 Å². The van der Waals surface area contributed by atoms with E-state index in [0.29, 0.717) is 0 Å². The lowest BCUT2D eigenvalue weighted by molar-refractivity contribution is 0.170. The van der Waals surface area contributed by atoms with E-state index < -0.39 is 19.7 Å². The molecule has 158 valence electrons. The van der Waals surface area contributed by atoms with Gasteiger partial charge in [0.1, 0.15) is 4.75 Å². The molecule has 1 aliphatic heterocycles.